The molecule has 7 aromatic heterocycles. The smallest absolute Gasteiger partial charge is 0.421 e. The number of amides is 2. The summed E-state index contributed by atoms with van der Waals surface area (Å²) in [6, 6.07) is 42.5. The Morgan fingerprint density at radius 3 is 1.28 bits per heavy atom. The lowest BCUT2D eigenvalue weighted by Crippen LogP contribution is -2.16. The first-order valence-electron chi connectivity index (χ1n) is 33.3. The van der Waals surface area contributed by atoms with Gasteiger partial charge in [0.1, 0.15) is 57.2 Å². The first-order chi connectivity index (χ1) is 53.3. The summed E-state index contributed by atoms with van der Waals surface area (Å²) >= 11 is 0. The first-order valence-corrected chi connectivity index (χ1v) is 33.3. The average Bonchev–Trinajstić information content (AvgIpc) is 0.734. The lowest BCUT2D eigenvalue weighted by molar-refractivity contribution is -0.139. The van der Waals surface area contributed by atoms with Crippen LogP contribution in [0.5, 0.6) is 34.9 Å². The summed E-state index contributed by atoms with van der Waals surface area (Å²) in [4.78, 5) is 70.3. The van der Waals surface area contributed by atoms with Crippen LogP contribution in [0.4, 0.5) is 75.4 Å². The number of nitrogens with two attached hydrogens (primary N) is 1. The maximum atomic E-state index is 14.9. The minimum atomic E-state index is -4.70. The number of halogens is 12. The highest BCUT2D eigenvalue weighted by Gasteiger charge is 2.38. The van der Waals surface area contributed by atoms with Gasteiger partial charge in [-0.2, -0.15) is 44.5 Å². The molecule has 570 valence electrons. The normalized spacial score (nSPS) is 11.6. The van der Waals surface area contributed by atoms with E-state index in [0.717, 1.165) is 59.3 Å². The fourth-order valence-electron chi connectivity index (χ4n) is 11.3. The third-order valence-electron chi connectivity index (χ3n) is 16.3. The van der Waals surface area contributed by atoms with Crippen molar-refractivity contribution < 1.29 is 81.2 Å². The predicted octanol–water partition coefficient (Wildman–Crippen LogP) is 20.0. The topological polar surface area (TPSA) is 246 Å². The molecule has 0 aliphatic heterocycles. The Hall–Kier alpha value is -13.7. The molecule has 0 fully saturated rings. The van der Waals surface area contributed by atoms with E-state index in [-0.39, 0.29) is 68.4 Å². The minimum absolute atomic E-state index is 0.0170. The zero-order valence-corrected chi connectivity index (χ0v) is 59.5. The maximum Gasteiger partial charge on any atom is 0.421 e. The molecule has 0 unspecified atom stereocenters. The van der Waals surface area contributed by atoms with Crippen molar-refractivity contribution in [2.45, 2.75) is 53.1 Å². The molecule has 7 heterocycles. The SMILES string of the molecule is COCC(C)=NC(=O)c1cc(Oc2ncccc2C(F)(F)F)ccc1Nc1cccnc1-c1ccc(C)cc1F.Cc1ccc(-c2ncccc2-n2c(C)nc(=O)c3cc(Oc4ncccc4C(F)(F)F)ccc32)c(F)c1.Cc1ccc(-c2ncccc2Nc2ccc(Oc3ncccc3C(F)(F)F)cc2C(N)=O)c(F)c1. The van der Waals surface area contributed by atoms with Crippen LogP contribution in [0.25, 0.3) is 50.4 Å². The van der Waals surface area contributed by atoms with Crippen LogP contribution in [0.1, 0.15) is 66.8 Å². The van der Waals surface area contributed by atoms with Gasteiger partial charge in [-0.1, -0.05) is 18.2 Å². The molecule has 19 nitrogen and oxygen atoms in total. The van der Waals surface area contributed by atoms with E-state index in [4.69, 9.17) is 24.7 Å². The number of primary amides is 1. The van der Waals surface area contributed by atoms with Gasteiger partial charge in [-0.3, -0.25) is 33.9 Å². The number of carbonyl (C=O) groups excluding carboxylic acids is 2. The summed E-state index contributed by atoms with van der Waals surface area (Å²) in [6.45, 7) is 8.61. The highest BCUT2D eigenvalue weighted by Crippen LogP contribution is 2.43. The van der Waals surface area contributed by atoms with Gasteiger partial charge >= 0.3 is 18.5 Å². The molecule has 6 aromatic carbocycles. The number of fused-ring (bicyclic) bond motifs is 1. The third kappa shape index (κ3) is 18.9. The number of nitrogens with one attached hydrogen (secondary N) is 2. The van der Waals surface area contributed by atoms with E-state index in [1.807, 2.05) is 0 Å². The molecule has 0 radical (unpaired) electrons. The average molecular weight is 1540 g/mol. The summed E-state index contributed by atoms with van der Waals surface area (Å²) in [5.74, 6) is -4.80. The minimum Gasteiger partial charge on any atom is -0.438 e. The molecule has 0 aliphatic carbocycles. The Morgan fingerprint density at radius 2 is 0.848 bits per heavy atom. The molecule has 0 aliphatic rings. The van der Waals surface area contributed by atoms with Crippen molar-refractivity contribution in [2.24, 2.45) is 10.7 Å². The number of hydrogen-bond acceptors (Lipinski definition) is 16. The van der Waals surface area contributed by atoms with Gasteiger partial charge in [0, 0.05) is 66.7 Å². The number of carbonyl (C=O) groups is 2. The summed E-state index contributed by atoms with van der Waals surface area (Å²) in [5, 5.41) is 6.19. The summed E-state index contributed by atoms with van der Waals surface area (Å²) in [6.07, 6.45) is -6.02. The number of aliphatic imine (C=N–C) groups is 1. The van der Waals surface area contributed by atoms with Crippen molar-refractivity contribution >= 4 is 51.2 Å². The molecule has 0 bridgehead atoms. The molecular formula is C81H60F12N12O7. The molecule has 0 atom stereocenters. The zero-order valence-electron chi connectivity index (χ0n) is 59.5. The van der Waals surface area contributed by atoms with Crippen molar-refractivity contribution in [3.05, 3.63) is 297 Å². The van der Waals surface area contributed by atoms with Gasteiger partial charge in [0.15, 0.2) is 0 Å². The molecule has 31 heteroatoms. The Kier molecular flexibility index (Phi) is 24.0. The van der Waals surface area contributed by atoms with Gasteiger partial charge in [0.05, 0.1) is 74.2 Å². The number of methoxy groups -OCH3 is 1. The van der Waals surface area contributed by atoms with Crippen LogP contribution < -0.4 is 36.1 Å². The van der Waals surface area contributed by atoms with Crippen LogP contribution >= 0.6 is 0 Å². The summed E-state index contributed by atoms with van der Waals surface area (Å²) in [7, 11) is 1.45. The fraction of sp³-hybridized carbons (Fsp3) is 0.123. The first kappa shape index (κ1) is 79.3. The fourth-order valence-corrected chi connectivity index (χ4v) is 11.3. The molecule has 0 saturated heterocycles. The van der Waals surface area contributed by atoms with Crippen LogP contribution in [0.15, 0.2) is 229 Å². The predicted molar refractivity (Wildman–Crippen MR) is 394 cm³/mol. The van der Waals surface area contributed by atoms with Crippen LogP contribution in [-0.4, -0.2) is 70.7 Å². The van der Waals surface area contributed by atoms with Crippen LogP contribution in [0, 0.1) is 45.1 Å². The van der Waals surface area contributed by atoms with Gasteiger partial charge in [-0.15, -0.1) is 0 Å². The van der Waals surface area contributed by atoms with Gasteiger partial charge < -0.3 is 35.3 Å². The Balaban J connectivity index is 0.000000166. The van der Waals surface area contributed by atoms with E-state index in [9.17, 15) is 67.1 Å². The highest BCUT2D eigenvalue weighted by molar-refractivity contribution is 6.08. The lowest BCUT2D eigenvalue weighted by Gasteiger charge is -2.18. The third-order valence-corrected chi connectivity index (χ3v) is 16.3. The van der Waals surface area contributed by atoms with E-state index in [1.165, 1.54) is 111 Å². The second kappa shape index (κ2) is 33.8. The molecule has 2 amide bonds. The van der Waals surface area contributed by atoms with Crippen molar-refractivity contribution in [2.75, 3.05) is 24.4 Å². The molecule has 4 N–H and O–H groups in total. The van der Waals surface area contributed by atoms with E-state index in [2.05, 4.69) is 50.5 Å². The summed E-state index contributed by atoms with van der Waals surface area (Å²) in [5.41, 5.74) is 8.02. The molecular weight excluding hydrogens is 1480 g/mol. The number of ether oxygens (including phenoxy) is 4. The number of rotatable bonds is 18. The van der Waals surface area contributed by atoms with E-state index in [1.54, 1.807) is 112 Å². The van der Waals surface area contributed by atoms with Crippen LogP contribution in [0.3, 0.4) is 0 Å². The second-order valence-corrected chi connectivity index (χ2v) is 24.6. The standard InChI is InChI=1S/C29H24F4N4O3.C27H18F4N4O2.C25H18F4N4O2/c1-17-8-10-20(23(30)14-17)26-25(7-5-12-34-26)37-24-11-9-19(15-21(24)27(38)36-18(2)16-39-3)40-28-22(29(31,32)33)6-4-13-35-28;1-15-7-9-18(21(28)13-15)24-23(6-4-11-32-24)35-16(2)34-25(36)19-14-17(8-10-22(19)35)37-26-20(27(29,30)31)5-3-12-33-26;1-14-6-8-16(19(26)12-14)22-21(5-3-10-31-22)33-20-9-7-15(13-17(20)23(30)34)35-24-18(25(27,28)29)4-2-11-32-24/h4-15,37H,16H2,1-3H3;3-14H,1-2H3;2-13,33H,1H3,(H2,30,34). The quantitative estimate of drug-likeness (QED) is 0.0534. The van der Waals surface area contributed by atoms with Gasteiger partial charge in [0.25, 0.3) is 17.4 Å². The van der Waals surface area contributed by atoms with Crippen molar-refractivity contribution in [3.63, 3.8) is 0 Å². The van der Waals surface area contributed by atoms with Crippen molar-refractivity contribution in [3.8, 4) is 74.3 Å². The molecule has 13 aromatic rings. The molecule has 0 saturated carbocycles. The Morgan fingerprint density at radius 1 is 0.464 bits per heavy atom. The monoisotopic (exact) mass is 1540 g/mol. The number of aryl methyl sites for hydroxylation is 4. The number of hydrogen-bond donors (Lipinski definition) is 3. The van der Waals surface area contributed by atoms with E-state index < -0.39 is 87.7 Å². The number of nitrogens with zero attached hydrogens (tertiary/aromatic N) is 9. The van der Waals surface area contributed by atoms with E-state index >= 15 is 0 Å². The van der Waals surface area contributed by atoms with Crippen molar-refractivity contribution in [1.29, 1.82) is 0 Å². The van der Waals surface area contributed by atoms with Gasteiger partial charge in [-0.25, -0.2) is 33.1 Å². The van der Waals surface area contributed by atoms with Gasteiger partial charge in [0.2, 0.25) is 17.6 Å². The highest BCUT2D eigenvalue weighted by atomic mass is 19.4. The maximum absolute atomic E-state index is 14.9. The Bertz CT molecular complexity index is 5800. The van der Waals surface area contributed by atoms with Crippen LogP contribution in [0.2, 0.25) is 0 Å². The molecule has 13 rings (SSSR count). The lowest BCUT2D eigenvalue weighted by atomic mass is 10.1. The number of pyridine rings is 6. The number of alkyl halides is 9. The number of aromatic nitrogens is 8. The Labute approximate surface area is 629 Å². The number of anilines is 4. The zero-order chi connectivity index (χ0) is 80.3. The largest absolute Gasteiger partial charge is 0.438 e. The second-order valence-electron chi connectivity index (χ2n) is 24.6. The number of benzene rings is 6. The van der Waals surface area contributed by atoms with E-state index in [0.29, 0.717) is 51.2 Å². The van der Waals surface area contributed by atoms with Crippen molar-refractivity contribution in [1.82, 2.24) is 39.5 Å². The molecule has 112 heavy (non-hydrogen) atoms. The van der Waals surface area contributed by atoms with Crippen LogP contribution in [-0.2, 0) is 23.3 Å². The molecule has 0 spiro atoms. The van der Waals surface area contributed by atoms with Gasteiger partial charge in [-0.05, 0) is 215 Å². The summed E-state index contributed by atoms with van der Waals surface area (Å²) < 4.78 is 187.